The van der Waals surface area contributed by atoms with E-state index >= 15 is 0 Å². The van der Waals surface area contributed by atoms with Crippen molar-refractivity contribution in [2.45, 2.75) is 32.6 Å². The summed E-state index contributed by atoms with van der Waals surface area (Å²) in [6, 6.07) is 23.1. The molecule has 2 aliphatic rings. The molecule has 39 heavy (non-hydrogen) atoms. The number of rotatable bonds is 4. The monoisotopic (exact) mass is 558 g/mol. The van der Waals surface area contributed by atoms with Crippen molar-refractivity contribution >= 4 is 29.0 Å². The Morgan fingerprint density at radius 2 is 1.54 bits per heavy atom. The number of ether oxygens (including phenoxy) is 2. The Hall–Kier alpha value is -3.87. The van der Waals surface area contributed by atoms with Crippen LogP contribution in [0, 0.1) is 5.41 Å². The Balaban J connectivity index is 1.63. The maximum atomic E-state index is 14.4. The van der Waals surface area contributed by atoms with Crippen LogP contribution in [-0.2, 0) is 4.79 Å². The lowest BCUT2D eigenvalue weighted by molar-refractivity contribution is -0.118. The summed E-state index contributed by atoms with van der Waals surface area (Å²) >= 11 is 12.3. The molecule has 1 atom stereocenters. The van der Waals surface area contributed by atoms with Crippen molar-refractivity contribution in [3.05, 3.63) is 122 Å². The molecular weight excluding hydrogens is 535 g/mol. The zero-order chi connectivity index (χ0) is 27.3. The second-order valence-corrected chi connectivity index (χ2v) is 11.4. The predicted molar refractivity (Wildman–Crippen MR) is 150 cm³/mol. The van der Waals surface area contributed by atoms with E-state index in [1.807, 2.05) is 44.2 Å². The molecule has 0 spiro atoms. The van der Waals surface area contributed by atoms with Gasteiger partial charge in [0.1, 0.15) is 11.5 Å². The summed E-state index contributed by atoms with van der Waals surface area (Å²) in [5, 5.41) is 1.08. The lowest BCUT2D eigenvalue weighted by Gasteiger charge is -2.37. The molecule has 1 unspecified atom stereocenters. The van der Waals surface area contributed by atoms with E-state index in [-0.39, 0.29) is 28.7 Å². The molecule has 1 aliphatic carbocycles. The molecule has 4 aromatic rings. The predicted octanol–water partition coefficient (Wildman–Crippen LogP) is 7.50. The lowest BCUT2D eigenvalue weighted by Crippen LogP contribution is -2.37. The van der Waals surface area contributed by atoms with Gasteiger partial charge in [0.15, 0.2) is 5.78 Å². The Labute approximate surface area is 235 Å². The molecule has 0 bridgehead atoms. The molecule has 0 fully saturated rings. The Morgan fingerprint density at radius 1 is 0.897 bits per heavy atom. The summed E-state index contributed by atoms with van der Waals surface area (Å²) in [5.74, 6) is 0.444. The van der Waals surface area contributed by atoms with E-state index in [4.69, 9.17) is 37.7 Å². The minimum absolute atomic E-state index is 0.0348. The molecular formula is C31H24Cl2N2O4. The quantitative estimate of drug-likeness (QED) is 0.259. The molecule has 0 saturated carbocycles. The second-order valence-electron chi connectivity index (χ2n) is 10.5. The number of halogens is 2. The van der Waals surface area contributed by atoms with Crippen LogP contribution in [0.4, 0.5) is 0 Å². The van der Waals surface area contributed by atoms with Crippen LogP contribution in [-0.4, -0.2) is 15.3 Å². The largest absolute Gasteiger partial charge is 0.442 e. The fourth-order valence-corrected chi connectivity index (χ4v) is 5.49. The molecule has 6 nitrogen and oxygen atoms in total. The number of para-hydroxylation sites is 1. The molecule has 196 valence electrons. The molecule has 6 rings (SSSR count). The zero-order valence-electron chi connectivity index (χ0n) is 21.3. The Bertz CT molecular complexity index is 1680. The van der Waals surface area contributed by atoms with E-state index in [2.05, 4.69) is 0 Å². The summed E-state index contributed by atoms with van der Waals surface area (Å²) < 4.78 is 13.8. The van der Waals surface area contributed by atoms with Crippen LogP contribution >= 0.6 is 23.2 Å². The average molecular weight is 559 g/mol. The lowest BCUT2D eigenvalue weighted by atomic mass is 9.70. The smallest absolute Gasteiger partial charge is 0.312 e. The molecule has 0 amide bonds. The van der Waals surface area contributed by atoms with Crippen LogP contribution in [0.25, 0.3) is 5.69 Å². The van der Waals surface area contributed by atoms with Crippen molar-refractivity contribution in [2.24, 2.45) is 5.41 Å². The first-order valence-corrected chi connectivity index (χ1v) is 13.3. The first kappa shape index (κ1) is 25.4. The zero-order valence-corrected chi connectivity index (χ0v) is 22.8. The van der Waals surface area contributed by atoms with Gasteiger partial charge in [-0.15, -0.1) is 0 Å². The number of ketones is 1. The van der Waals surface area contributed by atoms with Crippen LogP contribution in [0.2, 0.25) is 10.0 Å². The first-order chi connectivity index (χ1) is 18.7. The number of hydrogen-bond donors (Lipinski definition) is 0. The minimum atomic E-state index is -0.672. The maximum Gasteiger partial charge on any atom is 0.312 e. The van der Waals surface area contributed by atoms with Gasteiger partial charge in [-0.05, 0) is 59.5 Å². The van der Waals surface area contributed by atoms with E-state index in [1.54, 1.807) is 48.5 Å². The standard InChI is InChI=1S/C31H24Cl2N2O4/c1-31(2)16-23(36)26-24(17-31)39-28-27(25(26)18-8-10-19(32)11-9-18)29(37)35(21-14-12-20(33)13-15-21)30(34-28)38-22-6-4-3-5-7-22/h3-15,25H,16-17H2,1-2H3. The average Bonchev–Trinajstić information content (AvgIpc) is 2.89. The number of carbonyl (C=O) groups is 1. The minimum Gasteiger partial charge on any atom is -0.442 e. The number of allylic oxidation sites excluding steroid dienone is 2. The van der Waals surface area contributed by atoms with Gasteiger partial charge in [-0.3, -0.25) is 9.59 Å². The number of carbonyl (C=O) groups excluding carboxylic acids is 1. The highest BCUT2D eigenvalue weighted by molar-refractivity contribution is 6.30. The van der Waals surface area contributed by atoms with Crippen molar-refractivity contribution < 1.29 is 14.3 Å². The number of fused-ring (bicyclic) bond motifs is 1. The topological polar surface area (TPSA) is 70.4 Å². The number of hydrogen-bond acceptors (Lipinski definition) is 5. The SMILES string of the molecule is CC1(C)CC(=O)C2=C(C1)Oc1nc(Oc3ccccc3)n(-c3ccc(Cl)cc3)c(=O)c1C2c1ccc(Cl)cc1. The van der Waals surface area contributed by atoms with Gasteiger partial charge in [-0.2, -0.15) is 4.98 Å². The van der Waals surface area contributed by atoms with Gasteiger partial charge in [-0.1, -0.05) is 67.4 Å². The van der Waals surface area contributed by atoms with Gasteiger partial charge in [-0.25, -0.2) is 4.57 Å². The fraction of sp³-hybridized carbons (Fsp3) is 0.194. The number of benzene rings is 3. The van der Waals surface area contributed by atoms with Crippen LogP contribution in [0.5, 0.6) is 17.6 Å². The van der Waals surface area contributed by atoms with Crippen molar-refractivity contribution in [1.29, 1.82) is 0 Å². The number of nitrogens with zero attached hydrogens (tertiary/aromatic N) is 2. The van der Waals surface area contributed by atoms with Gasteiger partial charge in [0.05, 0.1) is 17.2 Å². The highest BCUT2D eigenvalue weighted by atomic mass is 35.5. The van der Waals surface area contributed by atoms with E-state index in [9.17, 15) is 9.59 Å². The fourth-order valence-electron chi connectivity index (χ4n) is 5.24. The Kier molecular flexibility index (Phi) is 6.32. The van der Waals surface area contributed by atoms with Crippen molar-refractivity contribution in [3.63, 3.8) is 0 Å². The summed E-state index contributed by atoms with van der Waals surface area (Å²) in [6.45, 7) is 4.06. The third-order valence-corrected chi connectivity index (χ3v) is 7.47. The highest BCUT2D eigenvalue weighted by Gasteiger charge is 2.44. The van der Waals surface area contributed by atoms with Crippen molar-refractivity contribution in [1.82, 2.24) is 9.55 Å². The number of aromatic nitrogens is 2. The van der Waals surface area contributed by atoms with Gasteiger partial charge in [0, 0.05) is 28.5 Å². The molecule has 0 radical (unpaired) electrons. The van der Waals surface area contributed by atoms with Crippen LogP contribution in [0.3, 0.4) is 0 Å². The summed E-state index contributed by atoms with van der Waals surface area (Å²) in [6.07, 6.45) is 0.886. The molecule has 1 aliphatic heterocycles. The third-order valence-electron chi connectivity index (χ3n) is 6.97. The molecule has 0 N–H and O–H groups in total. The first-order valence-electron chi connectivity index (χ1n) is 12.6. The van der Waals surface area contributed by atoms with Crippen LogP contribution < -0.4 is 15.0 Å². The van der Waals surface area contributed by atoms with Crippen LogP contribution in [0.15, 0.2) is 95.0 Å². The van der Waals surface area contributed by atoms with Gasteiger partial charge < -0.3 is 9.47 Å². The molecule has 1 aromatic heterocycles. The Morgan fingerprint density at radius 3 is 2.21 bits per heavy atom. The normalized spacial score (nSPS) is 17.7. The van der Waals surface area contributed by atoms with E-state index in [1.165, 1.54) is 4.57 Å². The summed E-state index contributed by atoms with van der Waals surface area (Å²) in [7, 11) is 0. The van der Waals surface area contributed by atoms with Crippen molar-refractivity contribution in [3.8, 4) is 23.3 Å². The number of Topliss-reactive ketones (excluding diaryl/α,β-unsaturated/α-hetero) is 1. The van der Waals surface area contributed by atoms with Gasteiger partial charge in [0.2, 0.25) is 5.88 Å². The molecule has 2 heterocycles. The molecule has 8 heteroatoms. The summed E-state index contributed by atoms with van der Waals surface area (Å²) in [4.78, 5) is 32.8. The van der Waals surface area contributed by atoms with Gasteiger partial charge >= 0.3 is 6.01 Å². The van der Waals surface area contributed by atoms with Crippen molar-refractivity contribution in [2.75, 3.05) is 0 Å². The maximum absolute atomic E-state index is 14.4. The molecule has 0 saturated heterocycles. The van der Waals surface area contributed by atoms with Crippen LogP contribution in [0.1, 0.15) is 43.7 Å². The third kappa shape index (κ3) is 4.75. The molecule has 3 aromatic carbocycles. The van der Waals surface area contributed by atoms with E-state index < -0.39 is 11.5 Å². The van der Waals surface area contributed by atoms with E-state index in [0.717, 1.165) is 5.56 Å². The summed E-state index contributed by atoms with van der Waals surface area (Å²) in [5.41, 5.74) is 1.32. The highest BCUT2D eigenvalue weighted by Crippen LogP contribution is 2.49. The van der Waals surface area contributed by atoms with E-state index in [0.29, 0.717) is 45.7 Å². The van der Waals surface area contributed by atoms with Gasteiger partial charge in [0.25, 0.3) is 5.56 Å². The second kappa shape index (κ2) is 9.70.